The molecule has 3 rings (SSSR count). The molecule has 1 atom stereocenters. The minimum atomic E-state index is -0.178. The molecule has 28 heavy (non-hydrogen) atoms. The lowest BCUT2D eigenvalue weighted by atomic mass is 9.96. The largest absolute Gasteiger partial charge is 0.497 e. The van der Waals surface area contributed by atoms with Crippen molar-refractivity contribution in [3.8, 4) is 5.75 Å². The fourth-order valence-electron chi connectivity index (χ4n) is 3.80. The molecule has 1 N–H and O–H groups in total. The number of carbonyl (C=O) groups excluding carboxylic acids is 3. The minimum Gasteiger partial charge on any atom is -0.497 e. The van der Waals surface area contributed by atoms with Crippen molar-refractivity contribution in [3.63, 3.8) is 0 Å². The van der Waals surface area contributed by atoms with Crippen LogP contribution >= 0.6 is 0 Å². The van der Waals surface area contributed by atoms with Gasteiger partial charge in [0.25, 0.3) is 0 Å². The van der Waals surface area contributed by atoms with Gasteiger partial charge in [-0.05, 0) is 37.0 Å². The summed E-state index contributed by atoms with van der Waals surface area (Å²) in [5.41, 5.74) is 1.13. The molecule has 1 aromatic carbocycles. The molecular formula is C21H29N3O4. The van der Waals surface area contributed by atoms with Crippen LogP contribution in [0.3, 0.4) is 0 Å². The maximum absolute atomic E-state index is 12.5. The van der Waals surface area contributed by atoms with E-state index in [1.54, 1.807) is 16.9 Å². The van der Waals surface area contributed by atoms with Gasteiger partial charge in [-0.15, -0.1) is 0 Å². The van der Waals surface area contributed by atoms with E-state index >= 15 is 0 Å². The Morgan fingerprint density at radius 1 is 1.11 bits per heavy atom. The van der Waals surface area contributed by atoms with Crippen molar-refractivity contribution in [2.45, 2.75) is 32.1 Å². The number of amides is 3. The van der Waals surface area contributed by atoms with Crippen molar-refractivity contribution < 1.29 is 19.1 Å². The molecule has 0 unspecified atom stereocenters. The summed E-state index contributed by atoms with van der Waals surface area (Å²) in [6.45, 7) is 2.89. The third-order valence-corrected chi connectivity index (χ3v) is 5.55. The SMILES string of the molecule is COc1ccc(CCN2C[C@@H](C(=O)NCCN3CCCC3=O)CCC2=O)cc1. The van der Waals surface area contributed by atoms with Crippen molar-refractivity contribution in [3.05, 3.63) is 29.8 Å². The Balaban J connectivity index is 1.44. The molecule has 7 heteroatoms. The van der Waals surface area contributed by atoms with Crippen LogP contribution in [-0.2, 0) is 20.8 Å². The predicted molar refractivity (Wildman–Crippen MR) is 105 cm³/mol. The molecule has 2 aliphatic rings. The molecule has 7 nitrogen and oxygen atoms in total. The van der Waals surface area contributed by atoms with Gasteiger partial charge < -0.3 is 19.9 Å². The van der Waals surface area contributed by atoms with Gasteiger partial charge in [0, 0.05) is 45.6 Å². The first-order valence-corrected chi connectivity index (χ1v) is 10.0. The van der Waals surface area contributed by atoms with Crippen molar-refractivity contribution in [1.82, 2.24) is 15.1 Å². The van der Waals surface area contributed by atoms with Crippen LogP contribution in [0.15, 0.2) is 24.3 Å². The van der Waals surface area contributed by atoms with E-state index in [9.17, 15) is 14.4 Å². The number of hydrogen-bond donors (Lipinski definition) is 1. The Morgan fingerprint density at radius 2 is 1.86 bits per heavy atom. The zero-order chi connectivity index (χ0) is 19.9. The topological polar surface area (TPSA) is 79.0 Å². The van der Waals surface area contributed by atoms with Gasteiger partial charge in [0.05, 0.1) is 13.0 Å². The number of carbonyl (C=O) groups is 3. The molecule has 0 saturated carbocycles. The lowest BCUT2D eigenvalue weighted by Crippen LogP contribution is -2.47. The monoisotopic (exact) mass is 387 g/mol. The molecule has 0 bridgehead atoms. The number of methoxy groups -OCH3 is 1. The van der Waals surface area contributed by atoms with Gasteiger partial charge in [0.2, 0.25) is 17.7 Å². The lowest BCUT2D eigenvalue weighted by molar-refractivity contribution is -0.138. The van der Waals surface area contributed by atoms with Crippen LogP contribution in [0.1, 0.15) is 31.2 Å². The number of rotatable bonds is 8. The van der Waals surface area contributed by atoms with Crippen molar-refractivity contribution in [2.24, 2.45) is 5.92 Å². The van der Waals surface area contributed by atoms with Crippen molar-refractivity contribution in [1.29, 1.82) is 0 Å². The average molecular weight is 387 g/mol. The summed E-state index contributed by atoms with van der Waals surface area (Å²) in [6.07, 6.45) is 3.27. The number of likely N-dealkylation sites (tertiary alicyclic amines) is 2. The van der Waals surface area contributed by atoms with Gasteiger partial charge in [0.15, 0.2) is 0 Å². The summed E-state index contributed by atoms with van der Waals surface area (Å²) in [4.78, 5) is 39.9. The highest BCUT2D eigenvalue weighted by molar-refractivity contribution is 5.84. The normalized spacial score (nSPS) is 19.8. The Labute approximate surface area is 166 Å². The number of ether oxygens (including phenoxy) is 1. The highest BCUT2D eigenvalue weighted by atomic mass is 16.5. The van der Waals surface area contributed by atoms with E-state index in [0.717, 1.165) is 30.7 Å². The maximum Gasteiger partial charge on any atom is 0.224 e. The summed E-state index contributed by atoms with van der Waals surface area (Å²) in [5.74, 6) is 0.893. The van der Waals surface area contributed by atoms with Crippen LogP contribution in [0.4, 0.5) is 0 Å². The van der Waals surface area contributed by atoms with Crippen LogP contribution in [0.2, 0.25) is 0 Å². The predicted octanol–water partition coefficient (Wildman–Crippen LogP) is 1.21. The van der Waals surface area contributed by atoms with Crippen LogP contribution in [-0.4, -0.2) is 67.4 Å². The van der Waals surface area contributed by atoms with Gasteiger partial charge in [-0.1, -0.05) is 12.1 Å². The summed E-state index contributed by atoms with van der Waals surface area (Å²) in [7, 11) is 1.63. The molecule has 0 aromatic heterocycles. The standard InChI is InChI=1S/C21H29N3O4/c1-28-18-7-4-16(5-8-18)10-13-24-15-17(6-9-20(24)26)21(27)22-11-14-23-12-2-3-19(23)25/h4-5,7-8,17H,2-3,6,9-15H2,1H3,(H,22,27)/t17-/m0/s1. The van der Waals surface area contributed by atoms with Crippen molar-refractivity contribution in [2.75, 3.05) is 39.8 Å². The molecule has 0 radical (unpaired) electrons. The molecule has 0 aliphatic carbocycles. The number of nitrogens with zero attached hydrogens (tertiary/aromatic N) is 2. The summed E-state index contributed by atoms with van der Waals surface area (Å²) in [5, 5.41) is 2.94. The molecule has 3 amide bonds. The van der Waals surface area contributed by atoms with Crippen LogP contribution in [0.25, 0.3) is 0 Å². The number of hydrogen-bond acceptors (Lipinski definition) is 4. The third kappa shape index (κ3) is 5.24. The van der Waals surface area contributed by atoms with Crippen LogP contribution in [0.5, 0.6) is 5.75 Å². The van der Waals surface area contributed by atoms with E-state index in [4.69, 9.17) is 4.74 Å². The first-order valence-electron chi connectivity index (χ1n) is 10.0. The first-order chi connectivity index (χ1) is 13.6. The smallest absolute Gasteiger partial charge is 0.224 e. The summed E-state index contributed by atoms with van der Waals surface area (Å²) in [6, 6.07) is 7.82. The highest BCUT2D eigenvalue weighted by Crippen LogP contribution is 2.19. The highest BCUT2D eigenvalue weighted by Gasteiger charge is 2.30. The Kier molecular flexibility index (Phi) is 6.90. The molecule has 2 saturated heterocycles. The average Bonchev–Trinajstić information content (AvgIpc) is 3.12. The zero-order valence-corrected chi connectivity index (χ0v) is 16.5. The number of piperidine rings is 1. The van der Waals surface area contributed by atoms with Gasteiger partial charge in [-0.2, -0.15) is 0 Å². The lowest BCUT2D eigenvalue weighted by Gasteiger charge is -2.32. The minimum absolute atomic E-state index is 0.0198. The second kappa shape index (κ2) is 9.57. The van der Waals surface area contributed by atoms with Crippen molar-refractivity contribution >= 4 is 17.7 Å². The third-order valence-electron chi connectivity index (χ3n) is 5.55. The summed E-state index contributed by atoms with van der Waals surface area (Å²) >= 11 is 0. The fourth-order valence-corrected chi connectivity index (χ4v) is 3.80. The number of nitrogens with one attached hydrogen (secondary N) is 1. The molecule has 1 aromatic rings. The number of benzene rings is 1. The fraction of sp³-hybridized carbons (Fsp3) is 0.571. The Bertz CT molecular complexity index is 704. The van der Waals surface area contributed by atoms with Gasteiger partial charge in [0.1, 0.15) is 5.75 Å². The Morgan fingerprint density at radius 3 is 2.54 bits per heavy atom. The van der Waals surface area contributed by atoms with E-state index < -0.39 is 0 Å². The maximum atomic E-state index is 12.5. The van der Waals surface area contributed by atoms with Crippen LogP contribution < -0.4 is 10.1 Å². The second-order valence-corrected chi connectivity index (χ2v) is 7.45. The van der Waals surface area contributed by atoms with Gasteiger partial charge >= 0.3 is 0 Å². The quantitative estimate of drug-likeness (QED) is 0.727. The van der Waals surface area contributed by atoms with Crippen LogP contribution in [0, 0.1) is 5.92 Å². The molecule has 2 aliphatic heterocycles. The van der Waals surface area contributed by atoms with E-state index in [0.29, 0.717) is 45.4 Å². The zero-order valence-electron chi connectivity index (χ0n) is 16.5. The molecular weight excluding hydrogens is 358 g/mol. The van der Waals surface area contributed by atoms with Gasteiger partial charge in [-0.3, -0.25) is 14.4 Å². The molecule has 152 valence electrons. The van der Waals surface area contributed by atoms with E-state index in [2.05, 4.69) is 5.32 Å². The van der Waals surface area contributed by atoms with Gasteiger partial charge in [-0.25, -0.2) is 0 Å². The van der Waals surface area contributed by atoms with E-state index in [-0.39, 0.29) is 23.6 Å². The summed E-state index contributed by atoms with van der Waals surface area (Å²) < 4.78 is 5.16. The Hall–Kier alpha value is -2.57. The first kappa shape index (κ1) is 20.2. The van der Waals surface area contributed by atoms with E-state index in [1.165, 1.54) is 0 Å². The molecule has 2 heterocycles. The second-order valence-electron chi connectivity index (χ2n) is 7.45. The molecule has 0 spiro atoms. The van der Waals surface area contributed by atoms with E-state index in [1.807, 2.05) is 24.3 Å². The molecule has 2 fully saturated rings.